The van der Waals surface area contributed by atoms with E-state index in [9.17, 15) is 18.0 Å². The Morgan fingerprint density at radius 3 is 2.48 bits per heavy atom. The topological polar surface area (TPSA) is 110 Å². The maximum Gasteiger partial charge on any atom is 0.328 e. The van der Waals surface area contributed by atoms with Gasteiger partial charge in [-0.2, -0.15) is 8.42 Å². The molecule has 1 rings (SSSR count). The zero-order chi connectivity index (χ0) is 17.3. The van der Waals surface area contributed by atoms with Gasteiger partial charge in [0.2, 0.25) is 5.91 Å². The summed E-state index contributed by atoms with van der Waals surface area (Å²) in [5.41, 5.74) is 0.980. The highest BCUT2D eigenvalue weighted by Gasteiger charge is 2.23. The van der Waals surface area contributed by atoms with Gasteiger partial charge in [0.15, 0.2) is 0 Å². The van der Waals surface area contributed by atoms with Crippen LogP contribution in [0.1, 0.15) is 25.3 Å². The second-order valence-electron chi connectivity index (χ2n) is 4.93. The van der Waals surface area contributed by atoms with E-state index in [1.165, 1.54) is 0 Å². The highest BCUT2D eigenvalue weighted by Crippen LogP contribution is 2.04. The molecule has 0 heterocycles. The van der Waals surface area contributed by atoms with Crippen LogP contribution in [0.5, 0.6) is 0 Å². The summed E-state index contributed by atoms with van der Waals surface area (Å²) in [4.78, 5) is 23.7. The summed E-state index contributed by atoms with van der Waals surface area (Å²) < 4.78 is 35.2. The lowest BCUT2D eigenvalue weighted by Gasteiger charge is -2.16. The number of benzene rings is 1. The highest BCUT2D eigenvalue weighted by atomic mass is 32.2. The fourth-order valence-electron chi connectivity index (χ4n) is 1.93. The quantitative estimate of drug-likeness (QED) is 0.510. The van der Waals surface area contributed by atoms with Crippen LogP contribution in [0.4, 0.5) is 0 Å². The van der Waals surface area contributed by atoms with Gasteiger partial charge in [-0.05, 0) is 25.3 Å². The summed E-state index contributed by atoms with van der Waals surface area (Å²) >= 11 is 0. The van der Waals surface area contributed by atoms with Gasteiger partial charge < -0.3 is 10.1 Å². The number of carbonyl (C=O) groups is 2. The number of hydrogen-bond acceptors (Lipinski definition) is 5. The van der Waals surface area contributed by atoms with Crippen LogP contribution in [-0.4, -0.2) is 43.2 Å². The van der Waals surface area contributed by atoms with Crippen molar-refractivity contribution in [2.75, 3.05) is 12.4 Å². The smallest absolute Gasteiger partial charge is 0.328 e. The van der Waals surface area contributed by atoms with E-state index in [4.69, 9.17) is 9.29 Å². The van der Waals surface area contributed by atoms with Gasteiger partial charge in [-0.3, -0.25) is 9.35 Å². The summed E-state index contributed by atoms with van der Waals surface area (Å²) in [6, 6.07) is 8.26. The van der Waals surface area contributed by atoms with E-state index in [1.807, 2.05) is 30.3 Å². The Morgan fingerprint density at radius 2 is 1.91 bits per heavy atom. The fraction of sp³-hybridized carbons (Fsp3) is 0.467. The highest BCUT2D eigenvalue weighted by molar-refractivity contribution is 7.85. The summed E-state index contributed by atoms with van der Waals surface area (Å²) in [5, 5.41) is 2.46. The molecule has 0 spiro atoms. The van der Waals surface area contributed by atoms with Crippen LogP contribution in [-0.2, 0) is 30.9 Å². The molecule has 0 bridgehead atoms. The molecule has 0 aliphatic carbocycles. The normalized spacial score (nSPS) is 12.4. The van der Waals surface area contributed by atoms with Crippen molar-refractivity contribution in [2.45, 2.75) is 32.2 Å². The Morgan fingerprint density at radius 1 is 1.26 bits per heavy atom. The molecule has 0 aliphatic heterocycles. The molecule has 1 aromatic carbocycles. The molecular weight excluding hydrogens is 322 g/mol. The van der Waals surface area contributed by atoms with Crippen LogP contribution in [0.3, 0.4) is 0 Å². The fourth-order valence-corrected chi connectivity index (χ4v) is 2.46. The maximum atomic E-state index is 11.9. The number of hydrogen-bond donors (Lipinski definition) is 2. The lowest BCUT2D eigenvalue weighted by atomic mass is 10.1. The van der Waals surface area contributed by atoms with Gasteiger partial charge in [-0.1, -0.05) is 30.3 Å². The molecular formula is C15H21NO6S. The van der Waals surface area contributed by atoms with E-state index in [0.29, 0.717) is 6.42 Å². The van der Waals surface area contributed by atoms with Gasteiger partial charge in [-0.25, -0.2) is 4.79 Å². The number of aryl methyl sites for hydroxylation is 1. The average Bonchev–Trinajstić information content (AvgIpc) is 2.49. The van der Waals surface area contributed by atoms with E-state index in [2.05, 4.69) is 5.32 Å². The standard InChI is InChI=1S/C15H21NO6S/c1-2-22-15(18)13(10-11-23(19,20)21)16-14(17)9-8-12-6-4-3-5-7-12/h3-7,13H,2,8-11H2,1H3,(H,16,17)(H,19,20,21)/t13-/m0/s1. The summed E-state index contributed by atoms with van der Waals surface area (Å²) in [6.45, 7) is 1.72. The minimum absolute atomic E-state index is 0.112. The summed E-state index contributed by atoms with van der Waals surface area (Å²) in [7, 11) is -4.22. The van der Waals surface area contributed by atoms with Crippen molar-refractivity contribution < 1.29 is 27.3 Å². The number of amides is 1. The SMILES string of the molecule is CCOC(=O)[C@H](CCS(=O)(=O)O)NC(=O)CCc1ccccc1. The van der Waals surface area contributed by atoms with Gasteiger partial charge in [0.25, 0.3) is 10.1 Å². The van der Waals surface area contributed by atoms with Crippen molar-refractivity contribution >= 4 is 22.0 Å². The van der Waals surface area contributed by atoms with E-state index >= 15 is 0 Å². The van der Waals surface area contributed by atoms with Gasteiger partial charge in [0, 0.05) is 6.42 Å². The molecule has 8 heteroatoms. The first-order valence-corrected chi connectivity index (χ1v) is 8.88. The average molecular weight is 343 g/mol. The van der Waals surface area contributed by atoms with Crippen LogP contribution in [0.25, 0.3) is 0 Å². The van der Waals surface area contributed by atoms with Crippen molar-refractivity contribution in [1.29, 1.82) is 0 Å². The van der Waals surface area contributed by atoms with Crippen LogP contribution >= 0.6 is 0 Å². The molecule has 1 aromatic rings. The first-order valence-electron chi connectivity index (χ1n) is 7.27. The molecule has 0 saturated carbocycles. The largest absolute Gasteiger partial charge is 0.464 e. The second-order valence-corrected chi connectivity index (χ2v) is 6.50. The number of rotatable bonds is 9. The molecule has 1 atom stereocenters. The van der Waals surface area contributed by atoms with Crippen molar-refractivity contribution in [2.24, 2.45) is 0 Å². The van der Waals surface area contributed by atoms with Crippen molar-refractivity contribution in [1.82, 2.24) is 5.32 Å². The predicted octanol–water partition coefficient (Wildman–Crippen LogP) is 0.945. The first-order chi connectivity index (χ1) is 10.8. The van der Waals surface area contributed by atoms with Crippen LogP contribution in [0, 0.1) is 0 Å². The Hall–Kier alpha value is -1.93. The Bertz CT molecular complexity index is 614. The lowest BCUT2D eigenvalue weighted by molar-refractivity contribution is -0.147. The molecule has 23 heavy (non-hydrogen) atoms. The van der Waals surface area contributed by atoms with Crippen molar-refractivity contribution in [3.8, 4) is 0 Å². The molecule has 0 aromatic heterocycles. The van der Waals surface area contributed by atoms with Crippen LogP contribution < -0.4 is 5.32 Å². The second kappa shape index (κ2) is 9.26. The third-order valence-electron chi connectivity index (χ3n) is 3.05. The zero-order valence-corrected chi connectivity index (χ0v) is 13.7. The van der Waals surface area contributed by atoms with Gasteiger partial charge in [0.05, 0.1) is 12.4 Å². The molecule has 0 radical (unpaired) electrons. The van der Waals surface area contributed by atoms with Crippen molar-refractivity contribution in [3.05, 3.63) is 35.9 Å². The lowest BCUT2D eigenvalue weighted by Crippen LogP contribution is -2.43. The molecule has 0 fully saturated rings. The molecule has 0 aliphatic rings. The first kappa shape index (κ1) is 19.1. The number of ether oxygens (including phenoxy) is 1. The minimum Gasteiger partial charge on any atom is -0.464 e. The Kier molecular flexibility index (Phi) is 7.70. The summed E-state index contributed by atoms with van der Waals surface area (Å²) in [5.74, 6) is -1.73. The maximum absolute atomic E-state index is 11.9. The number of carbonyl (C=O) groups excluding carboxylic acids is 2. The molecule has 0 saturated heterocycles. The summed E-state index contributed by atoms with van der Waals surface area (Å²) in [6.07, 6.45) is 0.418. The van der Waals surface area contributed by atoms with E-state index in [0.717, 1.165) is 5.56 Å². The molecule has 0 unspecified atom stereocenters. The van der Waals surface area contributed by atoms with E-state index in [1.54, 1.807) is 6.92 Å². The Balaban J connectivity index is 2.56. The van der Waals surface area contributed by atoms with Crippen LogP contribution in [0.15, 0.2) is 30.3 Å². The molecule has 1 amide bonds. The van der Waals surface area contributed by atoms with Gasteiger partial charge >= 0.3 is 5.97 Å². The third kappa shape index (κ3) is 8.32. The number of esters is 1. The monoisotopic (exact) mass is 343 g/mol. The predicted molar refractivity (Wildman–Crippen MR) is 84.4 cm³/mol. The van der Waals surface area contributed by atoms with Crippen LogP contribution in [0.2, 0.25) is 0 Å². The zero-order valence-electron chi connectivity index (χ0n) is 12.9. The molecule has 7 nitrogen and oxygen atoms in total. The Labute approximate surface area is 135 Å². The minimum atomic E-state index is -4.22. The van der Waals surface area contributed by atoms with Gasteiger partial charge in [0.1, 0.15) is 6.04 Å². The van der Waals surface area contributed by atoms with E-state index < -0.39 is 27.9 Å². The third-order valence-corrected chi connectivity index (χ3v) is 3.81. The molecule has 128 valence electrons. The van der Waals surface area contributed by atoms with Gasteiger partial charge in [-0.15, -0.1) is 0 Å². The number of nitrogens with one attached hydrogen (secondary N) is 1. The van der Waals surface area contributed by atoms with Crippen molar-refractivity contribution in [3.63, 3.8) is 0 Å². The van der Waals surface area contributed by atoms with E-state index in [-0.39, 0.29) is 25.4 Å². The molecule has 2 N–H and O–H groups in total.